The summed E-state index contributed by atoms with van der Waals surface area (Å²) in [5.74, 6) is 0.621. The van der Waals surface area contributed by atoms with E-state index in [1.165, 1.54) is 10.9 Å². The van der Waals surface area contributed by atoms with E-state index in [1.807, 2.05) is 19.2 Å². The first-order valence-corrected chi connectivity index (χ1v) is 6.26. The van der Waals surface area contributed by atoms with Gasteiger partial charge in [-0.3, -0.25) is 0 Å². The second-order valence-corrected chi connectivity index (χ2v) is 5.26. The van der Waals surface area contributed by atoms with Gasteiger partial charge in [-0.15, -0.1) is 0 Å². The van der Waals surface area contributed by atoms with Crippen LogP contribution in [0.3, 0.4) is 0 Å². The topological polar surface area (TPSA) is 43.8 Å². The molecular weight excluding hydrogens is 210 g/mol. The number of aromatic nitrogens is 2. The molecule has 0 bridgehead atoms. The molecular formula is C14H21N3. The first kappa shape index (κ1) is 12.1. The molecule has 3 heteroatoms. The molecule has 2 aromatic heterocycles. The molecule has 92 valence electrons. The standard InChI is InChI=1S/C14H21N3/c1-10(2)8-17-9-12(7-11(3)15)13-5-4-6-16-14(13)17/h4-6,9-11H,7-8,15H2,1-3H3. The van der Waals surface area contributed by atoms with E-state index in [0.717, 1.165) is 18.6 Å². The van der Waals surface area contributed by atoms with Gasteiger partial charge in [0.15, 0.2) is 0 Å². The van der Waals surface area contributed by atoms with Crippen LogP contribution in [-0.2, 0) is 13.0 Å². The van der Waals surface area contributed by atoms with Crippen LogP contribution in [0.25, 0.3) is 11.0 Å². The number of hydrogen-bond donors (Lipinski definition) is 1. The van der Waals surface area contributed by atoms with Gasteiger partial charge < -0.3 is 10.3 Å². The second kappa shape index (κ2) is 4.88. The molecule has 2 rings (SSSR count). The molecule has 2 N–H and O–H groups in total. The van der Waals surface area contributed by atoms with E-state index in [9.17, 15) is 0 Å². The number of hydrogen-bond acceptors (Lipinski definition) is 2. The lowest BCUT2D eigenvalue weighted by molar-refractivity contribution is 0.532. The lowest BCUT2D eigenvalue weighted by Crippen LogP contribution is -2.17. The summed E-state index contributed by atoms with van der Waals surface area (Å²) >= 11 is 0. The molecule has 3 nitrogen and oxygen atoms in total. The Labute approximate surface area is 103 Å². The third kappa shape index (κ3) is 2.67. The third-order valence-corrected chi connectivity index (χ3v) is 2.82. The molecule has 0 aliphatic rings. The summed E-state index contributed by atoms with van der Waals surface area (Å²) in [6.07, 6.45) is 4.98. The maximum Gasteiger partial charge on any atom is 0.140 e. The SMILES string of the molecule is CC(C)Cn1cc(CC(C)N)c2cccnc21. The fourth-order valence-electron chi connectivity index (χ4n) is 2.24. The zero-order chi connectivity index (χ0) is 12.4. The fraction of sp³-hybridized carbons (Fsp3) is 0.500. The highest BCUT2D eigenvalue weighted by molar-refractivity contribution is 5.80. The monoisotopic (exact) mass is 231 g/mol. The molecule has 2 heterocycles. The van der Waals surface area contributed by atoms with Gasteiger partial charge in [-0.1, -0.05) is 13.8 Å². The minimum Gasteiger partial charge on any atom is -0.332 e. The molecule has 0 aromatic carbocycles. The van der Waals surface area contributed by atoms with E-state index < -0.39 is 0 Å². The minimum absolute atomic E-state index is 0.188. The zero-order valence-electron chi connectivity index (χ0n) is 10.9. The van der Waals surface area contributed by atoms with Gasteiger partial charge in [0, 0.05) is 30.4 Å². The summed E-state index contributed by atoms with van der Waals surface area (Å²) in [6, 6.07) is 4.32. The van der Waals surface area contributed by atoms with Gasteiger partial charge in [-0.2, -0.15) is 0 Å². The van der Waals surface area contributed by atoms with Crippen molar-refractivity contribution < 1.29 is 0 Å². The van der Waals surface area contributed by atoms with Crippen molar-refractivity contribution in [3.63, 3.8) is 0 Å². The van der Waals surface area contributed by atoms with Crippen molar-refractivity contribution in [2.24, 2.45) is 11.7 Å². The summed E-state index contributed by atoms with van der Waals surface area (Å²) in [5, 5.41) is 1.24. The van der Waals surface area contributed by atoms with Crippen LogP contribution in [0.4, 0.5) is 0 Å². The molecule has 17 heavy (non-hydrogen) atoms. The molecule has 0 aliphatic heterocycles. The van der Waals surface area contributed by atoms with E-state index in [1.54, 1.807) is 0 Å². The Bertz CT molecular complexity index is 453. The van der Waals surface area contributed by atoms with Crippen LogP contribution in [0.1, 0.15) is 26.3 Å². The zero-order valence-corrected chi connectivity index (χ0v) is 10.9. The Morgan fingerprint density at radius 3 is 2.76 bits per heavy atom. The Hall–Kier alpha value is -1.35. The predicted octanol–water partition coefficient (Wildman–Crippen LogP) is 2.58. The van der Waals surface area contributed by atoms with Crippen LogP contribution in [0, 0.1) is 5.92 Å². The first-order chi connectivity index (χ1) is 8.08. The summed E-state index contributed by atoms with van der Waals surface area (Å²) in [7, 11) is 0. The predicted molar refractivity (Wildman–Crippen MR) is 71.9 cm³/mol. The lowest BCUT2D eigenvalue weighted by atomic mass is 10.1. The van der Waals surface area contributed by atoms with E-state index in [4.69, 9.17) is 5.73 Å². The van der Waals surface area contributed by atoms with Crippen molar-refractivity contribution in [1.29, 1.82) is 0 Å². The summed E-state index contributed by atoms with van der Waals surface area (Å²) in [5.41, 5.74) is 8.29. The van der Waals surface area contributed by atoms with E-state index in [2.05, 4.69) is 35.7 Å². The van der Waals surface area contributed by atoms with Crippen molar-refractivity contribution in [2.75, 3.05) is 0 Å². The highest BCUT2D eigenvalue weighted by Gasteiger charge is 2.11. The molecule has 2 aromatic rings. The van der Waals surface area contributed by atoms with Gasteiger partial charge in [-0.25, -0.2) is 4.98 Å². The van der Waals surface area contributed by atoms with Gasteiger partial charge >= 0.3 is 0 Å². The number of nitrogens with zero attached hydrogens (tertiary/aromatic N) is 2. The van der Waals surface area contributed by atoms with E-state index in [0.29, 0.717) is 5.92 Å². The normalized spacial score (nSPS) is 13.5. The van der Waals surface area contributed by atoms with Gasteiger partial charge in [0.25, 0.3) is 0 Å². The number of pyridine rings is 1. The van der Waals surface area contributed by atoms with Gasteiger partial charge in [0.1, 0.15) is 5.65 Å². The summed E-state index contributed by atoms with van der Waals surface area (Å²) in [4.78, 5) is 4.48. The lowest BCUT2D eigenvalue weighted by Gasteiger charge is -2.06. The van der Waals surface area contributed by atoms with Crippen LogP contribution < -0.4 is 5.73 Å². The molecule has 0 saturated carbocycles. The Balaban J connectivity index is 2.46. The molecule has 0 spiro atoms. The minimum atomic E-state index is 0.188. The molecule has 1 atom stereocenters. The van der Waals surface area contributed by atoms with Gasteiger partial charge in [-0.05, 0) is 37.0 Å². The van der Waals surface area contributed by atoms with Crippen LogP contribution in [0.5, 0.6) is 0 Å². The number of rotatable bonds is 4. The summed E-state index contributed by atoms with van der Waals surface area (Å²) < 4.78 is 2.25. The number of fused-ring (bicyclic) bond motifs is 1. The van der Waals surface area contributed by atoms with Crippen molar-refractivity contribution in [2.45, 2.75) is 39.8 Å². The average molecular weight is 231 g/mol. The van der Waals surface area contributed by atoms with Gasteiger partial charge in [0.05, 0.1) is 0 Å². The summed E-state index contributed by atoms with van der Waals surface area (Å²) in [6.45, 7) is 7.49. The van der Waals surface area contributed by atoms with Crippen molar-refractivity contribution >= 4 is 11.0 Å². The maximum atomic E-state index is 5.90. The van der Waals surface area contributed by atoms with Crippen LogP contribution in [-0.4, -0.2) is 15.6 Å². The van der Waals surface area contributed by atoms with Crippen molar-refractivity contribution in [3.8, 4) is 0 Å². The smallest absolute Gasteiger partial charge is 0.140 e. The molecule has 0 fully saturated rings. The van der Waals surface area contributed by atoms with E-state index in [-0.39, 0.29) is 6.04 Å². The second-order valence-electron chi connectivity index (χ2n) is 5.26. The van der Waals surface area contributed by atoms with Crippen LogP contribution >= 0.6 is 0 Å². The van der Waals surface area contributed by atoms with E-state index >= 15 is 0 Å². The van der Waals surface area contributed by atoms with Gasteiger partial charge in [0.2, 0.25) is 0 Å². The third-order valence-electron chi connectivity index (χ3n) is 2.82. The van der Waals surface area contributed by atoms with Crippen LogP contribution in [0.15, 0.2) is 24.5 Å². The number of nitrogens with two attached hydrogens (primary N) is 1. The molecule has 0 aliphatic carbocycles. The Morgan fingerprint density at radius 2 is 2.12 bits per heavy atom. The molecule has 0 saturated heterocycles. The highest BCUT2D eigenvalue weighted by atomic mass is 15.0. The quantitative estimate of drug-likeness (QED) is 0.879. The Morgan fingerprint density at radius 1 is 1.35 bits per heavy atom. The largest absolute Gasteiger partial charge is 0.332 e. The van der Waals surface area contributed by atoms with Crippen molar-refractivity contribution in [1.82, 2.24) is 9.55 Å². The first-order valence-electron chi connectivity index (χ1n) is 6.26. The highest BCUT2D eigenvalue weighted by Crippen LogP contribution is 2.21. The van der Waals surface area contributed by atoms with Crippen LogP contribution in [0.2, 0.25) is 0 Å². The molecule has 0 amide bonds. The molecule has 0 radical (unpaired) electrons. The average Bonchev–Trinajstić information content (AvgIpc) is 2.56. The molecule has 1 unspecified atom stereocenters. The Kier molecular flexibility index (Phi) is 3.48. The maximum absolute atomic E-state index is 5.90. The fourth-order valence-corrected chi connectivity index (χ4v) is 2.24. The van der Waals surface area contributed by atoms with Crippen molar-refractivity contribution in [3.05, 3.63) is 30.1 Å².